The number of rotatable bonds is 8. The Morgan fingerprint density at radius 3 is 2.22 bits per heavy atom. The van der Waals surface area contributed by atoms with E-state index in [0.717, 1.165) is 6.92 Å². The summed E-state index contributed by atoms with van der Waals surface area (Å²) < 4.78 is 5.16. The van der Waals surface area contributed by atoms with Gasteiger partial charge in [0.15, 0.2) is 0 Å². The molecule has 0 aliphatic carbocycles. The van der Waals surface area contributed by atoms with Gasteiger partial charge in [0.1, 0.15) is 0 Å². The van der Waals surface area contributed by atoms with E-state index >= 15 is 0 Å². The summed E-state index contributed by atoms with van der Waals surface area (Å²) in [7, 11) is -1.39. The maximum Gasteiger partial charge on any atom is 0.478 e. The topological polar surface area (TPSA) is 170 Å². The quantitative estimate of drug-likeness (QED) is 0.219. The van der Waals surface area contributed by atoms with Crippen LogP contribution in [0, 0.1) is 0 Å². The first-order valence-corrected chi connectivity index (χ1v) is 8.24. The second-order valence-corrected chi connectivity index (χ2v) is 6.10. The molecule has 0 spiro atoms. The zero-order valence-electron chi connectivity index (χ0n) is 15.0. The van der Waals surface area contributed by atoms with Crippen LogP contribution in [0.4, 0.5) is 0 Å². The van der Waals surface area contributed by atoms with Crippen LogP contribution in [0.2, 0.25) is 0 Å². The van der Waals surface area contributed by atoms with Gasteiger partial charge in [-0.25, -0.2) is 9.59 Å². The zero-order chi connectivity index (χ0) is 20.7. The molecule has 1 rings (SSSR count). The van der Waals surface area contributed by atoms with E-state index in [1.165, 1.54) is 13.0 Å². The van der Waals surface area contributed by atoms with Gasteiger partial charge < -0.3 is 30.3 Å². The van der Waals surface area contributed by atoms with E-state index in [1.807, 2.05) is 0 Å². The lowest BCUT2D eigenvalue weighted by Gasteiger charge is -2.31. The maximum atomic E-state index is 12.2. The zero-order valence-corrected chi connectivity index (χ0v) is 15.0. The van der Waals surface area contributed by atoms with Crippen molar-refractivity contribution in [2.45, 2.75) is 51.6 Å². The molecule has 0 unspecified atom stereocenters. The van der Waals surface area contributed by atoms with Crippen LogP contribution in [0.5, 0.6) is 0 Å². The molecule has 148 valence electrons. The molecule has 10 nitrogen and oxygen atoms in total. The van der Waals surface area contributed by atoms with Crippen molar-refractivity contribution in [3.05, 3.63) is 22.8 Å². The number of carboxylic acid groups (broad SMARTS) is 3. The molecule has 0 saturated carbocycles. The van der Waals surface area contributed by atoms with Gasteiger partial charge >= 0.3 is 25.0 Å². The Kier molecular flexibility index (Phi) is 8.19. The Morgan fingerprint density at radius 2 is 1.78 bits per heavy atom. The van der Waals surface area contributed by atoms with Gasteiger partial charge in [-0.3, -0.25) is 9.59 Å². The van der Waals surface area contributed by atoms with Crippen molar-refractivity contribution in [1.82, 2.24) is 5.32 Å². The standard InChI is InChI=1S/C16H22BNO9/c1-3-9(14(16(24)25)8(2)15(22)23)6-12(19)18-11-5-4-10(7-13(20)21)27-17(11)26/h3,10-11,26H,4-7H2,1-2H3,(H,18,19)(H,20,21)(H,22,23)(H,24,25)/b9-3-,14-8-/t10-,11-/m0/s1. The Hall–Kier alpha value is -2.66. The summed E-state index contributed by atoms with van der Waals surface area (Å²) in [5.41, 5.74) is -0.849. The molecule has 2 atom stereocenters. The molecule has 1 aliphatic heterocycles. The largest absolute Gasteiger partial charge is 0.481 e. The summed E-state index contributed by atoms with van der Waals surface area (Å²) in [6, 6.07) is 0. The van der Waals surface area contributed by atoms with Crippen molar-refractivity contribution in [1.29, 1.82) is 0 Å². The lowest BCUT2D eigenvalue weighted by atomic mass is 9.72. The molecule has 1 saturated heterocycles. The highest BCUT2D eigenvalue weighted by Gasteiger charge is 2.37. The SMILES string of the molecule is C/C=C(CC(=O)N[C@H]1CC[C@@H](CC(=O)O)OB1O)\C(C(=O)O)=C(/C)C(=O)O. The van der Waals surface area contributed by atoms with E-state index in [0.29, 0.717) is 6.42 Å². The summed E-state index contributed by atoms with van der Waals surface area (Å²) in [4.78, 5) is 45.4. The highest BCUT2D eigenvalue weighted by Crippen LogP contribution is 2.21. The monoisotopic (exact) mass is 383 g/mol. The first kappa shape index (κ1) is 22.4. The summed E-state index contributed by atoms with van der Waals surface area (Å²) in [6.45, 7) is 2.62. The van der Waals surface area contributed by atoms with Crippen LogP contribution in [-0.2, 0) is 23.8 Å². The van der Waals surface area contributed by atoms with Crippen molar-refractivity contribution in [3.63, 3.8) is 0 Å². The molecule has 0 bridgehead atoms. The van der Waals surface area contributed by atoms with Gasteiger partial charge in [-0.15, -0.1) is 0 Å². The molecule has 27 heavy (non-hydrogen) atoms. The normalized spacial score (nSPS) is 21.3. The number of carbonyl (C=O) groups excluding carboxylic acids is 1. The number of allylic oxidation sites excluding steroid dienone is 1. The lowest BCUT2D eigenvalue weighted by molar-refractivity contribution is -0.139. The summed E-state index contributed by atoms with van der Waals surface area (Å²) in [5, 5.41) is 39.5. The number of hydrogen-bond donors (Lipinski definition) is 5. The third-order valence-electron chi connectivity index (χ3n) is 4.15. The number of carbonyl (C=O) groups is 4. The van der Waals surface area contributed by atoms with E-state index in [1.54, 1.807) is 0 Å². The number of amides is 1. The minimum Gasteiger partial charge on any atom is -0.481 e. The highest BCUT2D eigenvalue weighted by molar-refractivity contribution is 6.45. The molecule has 1 aliphatic rings. The maximum absolute atomic E-state index is 12.2. The molecule has 1 heterocycles. The molecule has 0 aromatic heterocycles. The van der Waals surface area contributed by atoms with Crippen LogP contribution in [-0.4, -0.2) is 63.3 Å². The molecular weight excluding hydrogens is 361 g/mol. The van der Waals surface area contributed by atoms with Crippen molar-refractivity contribution < 1.29 is 44.2 Å². The Bertz CT molecular complexity index is 685. The van der Waals surface area contributed by atoms with E-state index < -0.39 is 60.5 Å². The first-order valence-electron chi connectivity index (χ1n) is 8.24. The van der Waals surface area contributed by atoms with Crippen LogP contribution in [0.25, 0.3) is 0 Å². The minimum atomic E-state index is -1.46. The molecule has 1 amide bonds. The van der Waals surface area contributed by atoms with Crippen LogP contribution in [0.15, 0.2) is 22.8 Å². The summed E-state index contributed by atoms with van der Waals surface area (Å²) in [6.07, 6.45) is 0.629. The molecule has 1 fully saturated rings. The highest BCUT2D eigenvalue weighted by atomic mass is 16.5. The lowest BCUT2D eigenvalue weighted by Crippen LogP contribution is -2.53. The number of nitrogens with one attached hydrogen (secondary N) is 1. The van der Waals surface area contributed by atoms with Gasteiger partial charge in [-0.2, -0.15) is 0 Å². The Balaban J connectivity index is 2.78. The average molecular weight is 383 g/mol. The van der Waals surface area contributed by atoms with Gasteiger partial charge in [0.05, 0.1) is 30.5 Å². The van der Waals surface area contributed by atoms with Crippen LogP contribution in [0.1, 0.15) is 39.5 Å². The van der Waals surface area contributed by atoms with Crippen molar-refractivity contribution in [3.8, 4) is 0 Å². The van der Waals surface area contributed by atoms with E-state index in [-0.39, 0.29) is 18.4 Å². The predicted molar refractivity (Wildman–Crippen MR) is 92.6 cm³/mol. The second kappa shape index (κ2) is 9.88. The third kappa shape index (κ3) is 6.53. The number of hydrogen-bond acceptors (Lipinski definition) is 6. The van der Waals surface area contributed by atoms with Gasteiger partial charge in [0, 0.05) is 5.57 Å². The van der Waals surface area contributed by atoms with Gasteiger partial charge in [0.2, 0.25) is 5.91 Å². The molecule has 0 radical (unpaired) electrons. The fourth-order valence-electron chi connectivity index (χ4n) is 2.77. The van der Waals surface area contributed by atoms with Crippen molar-refractivity contribution in [2.75, 3.05) is 0 Å². The first-order chi connectivity index (χ1) is 12.6. The van der Waals surface area contributed by atoms with Crippen molar-refractivity contribution in [2.24, 2.45) is 0 Å². The number of aliphatic carboxylic acids is 3. The fraction of sp³-hybridized carbons (Fsp3) is 0.500. The molecule has 0 aromatic rings. The van der Waals surface area contributed by atoms with Gasteiger partial charge in [-0.1, -0.05) is 6.08 Å². The Morgan fingerprint density at radius 1 is 1.15 bits per heavy atom. The summed E-state index contributed by atoms with van der Waals surface area (Å²) >= 11 is 0. The molecular formula is C16H22BNO9. The molecule has 11 heteroatoms. The Labute approximate surface area is 155 Å². The van der Waals surface area contributed by atoms with Crippen LogP contribution >= 0.6 is 0 Å². The smallest absolute Gasteiger partial charge is 0.478 e. The number of carboxylic acids is 3. The van der Waals surface area contributed by atoms with Gasteiger partial charge in [0.25, 0.3) is 0 Å². The predicted octanol–water partition coefficient (Wildman–Crippen LogP) is -0.0333. The van der Waals surface area contributed by atoms with Crippen LogP contribution in [0.3, 0.4) is 0 Å². The second-order valence-electron chi connectivity index (χ2n) is 6.10. The molecule has 5 N–H and O–H groups in total. The van der Waals surface area contributed by atoms with E-state index in [2.05, 4.69) is 5.32 Å². The summed E-state index contributed by atoms with van der Waals surface area (Å²) in [5.74, 6) is -5.34. The van der Waals surface area contributed by atoms with Crippen molar-refractivity contribution >= 4 is 30.9 Å². The fourth-order valence-corrected chi connectivity index (χ4v) is 2.77. The minimum absolute atomic E-state index is 0.0230. The van der Waals surface area contributed by atoms with E-state index in [9.17, 15) is 29.3 Å². The van der Waals surface area contributed by atoms with E-state index in [4.69, 9.17) is 14.9 Å². The van der Waals surface area contributed by atoms with Gasteiger partial charge in [-0.05, 0) is 32.3 Å². The third-order valence-corrected chi connectivity index (χ3v) is 4.15. The molecule has 0 aromatic carbocycles. The average Bonchev–Trinajstić information content (AvgIpc) is 2.55. The van der Waals surface area contributed by atoms with Crippen LogP contribution < -0.4 is 5.32 Å².